The van der Waals surface area contributed by atoms with E-state index in [2.05, 4.69) is 20.1 Å². The molecule has 0 aliphatic carbocycles. The van der Waals surface area contributed by atoms with Gasteiger partial charge in [-0.25, -0.2) is 4.39 Å². The number of piperidine rings is 2. The zero-order valence-corrected chi connectivity index (χ0v) is 19.9. The van der Waals surface area contributed by atoms with Gasteiger partial charge in [-0.05, 0) is 42.8 Å². The average Bonchev–Trinajstić information content (AvgIpc) is 3.46. The normalized spacial score (nSPS) is 19.9. The zero-order chi connectivity index (χ0) is 24.0. The number of para-hydroxylation sites is 1. The van der Waals surface area contributed by atoms with Crippen LogP contribution in [0, 0.1) is 5.82 Å². The molecule has 1 amide bonds. The van der Waals surface area contributed by atoms with Gasteiger partial charge in [-0.1, -0.05) is 26.0 Å². The van der Waals surface area contributed by atoms with Crippen LogP contribution in [0.3, 0.4) is 0 Å². The lowest BCUT2D eigenvalue weighted by Gasteiger charge is -2.43. The smallest absolute Gasteiger partial charge is 0.291 e. The lowest BCUT2D eigenvalue weighted by Crippen LogP contribution is -2.51. The number of halogens is 1. The standard InChI is InChI=1S/C24H31FN6O3/c1-15(2)20-18-5-4-6-19(25)21(18)31(27-20)23-26-22(34-28-23)24(33)9-13-30(14-10-24)17-7-11-29(12-8-17)16(3)32/h4-6,15,17,33H,7-14H2,1-3H3. The van der Waals surface area contributed by atoms with Crippen LogP contribution in [0.1, 0.15) is 64.0 Å². The maximum atomic E-state index is 14.7. The zero-order valence-electron chi connectivity index (χ0n) is 19.9. The number of rotatable bonds is 4. The number of nitrogens with zero attached hydrogens (tertiary/aromatic N) is 6. The largest absolute Gasteiger partial charge is 0.380 e. The highest BCUT2D eigenvalue weighted by atomic mass is 19.1. The Labute approximate surface area is 197 Å². The summed E-state index contributed by atoms with van der Waals surface area (Å²) in [6.07, 6.45) is 2.82. The number of aromatic nitrogens is 4. The van der Waals surface area contributed by atoms with Crippen LogP contribution in [0.5, 0.6) is 0 Å². The predicted octanol–water partition coefficient (Wildman–Crippen LogP) is 2.97. The van der Waals surface area contributed by atoms with E-state index < -0.39 is 11.4 Å². The highest BCUT2D eigenvalue weighted by Gasteiger charge is 2.41. The van der Waals surface area contributed by atoms with E-state index in [4.69, 9.17) is 4.52 Å². The first kappa shape index (κ1) is 22.9. The molecule has 0 spiro atoms. The summed E-state index contributed by atoms with van der Waals surface area (Å²) in [7, 11) is 0. The molecule has 10 heteroatoms. The summed E-state index contributed by atoms with van der Waals surface area (Å²) < 4.78 is 21.6. The van der Waals surface area contributed by atoms with Gasteiger partial charge in [0, 0.05) is 44.5 Å². The Morgan fingerprint density at radius 1 is 1.21 bits per heavy atom. The van der Waals surface area contributed by atoms with Gasteiger partial charge in [0.05, 0.1) is 5.69 Å². The Balaban J connectivity index is 1.33. The Kier molecular flexibility index (Phi) is 5.89. The van der Waals surface area contributed by atoms with Gasteiger partial charge in [0.2, 0.25) is 5.91 Å². The summed E-state index contributed by atoms with van der Waals surface area (Å²) in [5.41, 5.74) is -0.175. The van der Waals surface area contributed by atoms with E-state index in [0.29, 0.717) is 42.9 Å². The van der Waals surface area contributed by atoms with E-state index in [0.717, 1.165) is 31.6 Å². The monoisotopic (exact) mass is 470 g/mol. The van der Waals surface area contributed by atoms with Crippen LogP contribution in [0.25, 0.3) is 16.9 Å². The maximum absolute atomic E-state index is 14.7. The molecule has 2 aliphatic heterocycles. The molecule has 34 heavy (non-hydrogen) atoms. The third-order valence-electron chi connectivity index (χ3n) is 7.28. The van der Waals surface area contributed by atoms with E-state index >= 15 is 0 Å². The summed E-state index contributed by atoms with van der Waals surface area (Å²) in [6.45, 7) is 8.58. The minimum atomic E-state index is -1.23. The molecule has 0 atom stereocenters. The highest BCUT2D eigenvalue weighted by molar-refractivity contribution is 5.84. The van der Waals surface area contributed by atoms with E-state index in [9.17, 15) is 14.3 Å². The Morgan fingerprint density at radius 3 is 2.56 bits per heavy atom. The van der Waals surface area contributed by atoms with Crippen molar-refractivity contribution in [2.75, 3.05) is 26.2 Å². The maximum Gasteiger partial charge on any atom is 0.291 e. The van der Waals surface area contributed by atoms with Crippen LogP contribution >= 0.6 is 0 Å². The van der Waals surface area contributed by atoms with Crippen molar-refractivity contribution in [1.82, 2.24) is 29.7 Å². The van der Waals surface area contributed by atoms with Crippen LogP contribution in [0.2, 0.25) is 0 Å². The number of fused-ring (bicyclic) bond motifs is 1. The molecule has 2 aromatic heterocycles. The Morgan fingerprint density at radius 2 is 1.91 bits per heavy atom. The van der Waals surface area contributed by atoms with Crippen LogP contribution in [-0.2, 0) is 10.4 Å². The molecule has 2 aliphatic rings. The lowest BCUT2D eigenvalue weighted by atomic mass is 9.89. The molecule has 1 aromatic carbocycles. The van der Waals surface area contributed by atoms with Crippen molar-refractivity contribution < 1.29 is 18.8 Å². The molecule has 0 unspecified atom stereocenters. The molecule has 9 nitrogen and oxygen atoms in total. The number of carbonyl (C=O) groups is 1. The summed E-state index contributed by atoms with van der Waals surface area (Å²) >= 11 is 0. The molecule has 182 valence electrons. The molecule has 0 radical (unpaired) electrons. The number of aliphatic hydroxyl groups is 1. The molecule has 1 N–H and O–H groups in total. The van der Waals surface area contributed by atoms with Crippen molar-refractivity contribution in [2.24, 2.45) is 0 Å². The third-order valence-corrected chi connectivity index (χ3v) is 7.28. The first-order valence-corrected chi connectivity index (χ1v) is 12.0. The second-order valence-corrected chi connectivity index (χ2v) is 9.79. The number of benzene rings is 1. The fraction of sp³-hybridized carbons (Fsp3) is 0.583. The minimum absolute atomic E-state index is 0.0905. The number of amides is 1. The summed E-state index contributed by atoms with van der Waals surface area (Å²) in [5.74, 6) is 0.0620. The molecule has 0 saturated carbocycles. The van der Waals surface area contributed by atoms with Gasteiger partial charge >= 0.3 is 0 Å². The molecular weight excluding hydrogens is 439 g/mol. The third kappa shape index (κ3) is 3.98. The van der Waals surface area contributed by atoms with Gasteiger partial charge in [-0.3, -0.25) is 4.79 Å². The molecule has 0 bridgehead atoms. The molecule has 3 aromatic rings. The Hall–Kier alpha value is -2.85. The van der Waals surface area contributed by atoms with Crippen molar-refractivity contribution in [3.63, 3.8) is 0 Å². The van der Waals surface area contributed by atoms with Crippen LogP contribution < -0.4 is 0 Å². The van der Waals surface area contributed by atoms with Crippen LogP contribution in [0.4, 0.5) is 4.39 Å². The minimum Gasteiger partial charge on any atom is -0.380 e. The number of hydrogen-bond acceptors (Lipinski definition) is 7. The lowest BCUT2D eigenvalue weighted by molar-refractivity contribution is -0.130. The summed E-state index contributed by atoms with van der Waals surface area (Å²) in [4.78, 5) is 20.3. The molecule has 4 heterocycles. The van der Waals surface area contributed by atoms with Crippen molar-refractivity contribution in [1.29, 1.82) is 0 Å². The molecular formula is C24H31FN6O3. The summed E-state index contributed by atoms with van der Waals surface area (Å²) in [6, 6.07) is 5.29. The van der Waals surface area contributed by atoms with E-state index in [1.807, 2.05) is 24.8 Å². The van der Waals surface area contributed by atoms with Gasteiger partial charge in [-0.2, -0.15) is 14.8 Å². The SMILES string of the molecule is CC(=O)N1CCC(N2CCC(O)(c3nc(-n4nc(C(C)C)c5cccc(F)c54)no3)CC2)CC1. The fourth-order valence-electron chi connectivity index (χ4n) is 5.23. The molecule has 5 rings (SSSR count). The molecule has 2 saturated heterocycles. The second-order valence-electron chi connectivity index (χ2n) is 9.79. The Bertz CT molecular complexity index is 1190. The number of hydrogen-bond donors (Lipinski definition) is 1. The second kappa shape index (κ2) is 8.74. The van der Waals surface area contributed by atoms with Gasteiger partial charge in [-0.15, -0.1) is 0 Å². The first-order chi connectivity index (χ1) is 16.3. The predicted molar refractivity (Wildman–Crippen MR) is 123 cm³/mol. The van der Waals surface area contributed by atoms with Crippen molar-refractivity contribution in [3.05, 3.63) is 35.6 Å². The topological polar surface area (TPSA) is 101 Å². The van der Waals surface area contributed by atoms with Gasteiger partial charge in [0.25, 0.3) is 11.8 Å². The van der Waals surface area contributed by atoms with Gasteiger partial charge in [0.1, 0.15) is 16.9 Å². The average molecular weight is 471 g/mol. The van der Waals surface area contributed by atoms with Crippen LogP contribution in [0.15, 0.2) is 22.7 Å². The van der Waals surface area contributed by atoms with Crippen molar-refractivity contribution in [3.8, 4) is 5.95 Å². The van der Waals surface area contributed by atoms with Crippen molar-refractivity contribution in [2.45, 2.75) is 64.0 Å². The fourth-order valence-corrected chi connectivity index (χ4v) is 5.23. The first-order valence-electron chi connectivity index (χ1n) is 12.0. The molecule has 2 fully saturated rings. The number of likely N-dealkylation sites (tertiary alicyclic amines) is 2. The van der Waals surface area contributed by atoms with Gasteiger partial charge in [0.15, 0.2) is 0 Å². The van der Waals surface area contributed by atoms with E-state index in [-0.39, 0.29) is 23.7 Å². The number of carbonyl (C=O) groups excluding carboxylic acids is 1. The van der Waals surface area contributed by atoms with E-state index in [1.54, 1.807) is 13.0 Å². The van der Waals surface area contributed by atoms with Gasteiger partial charge < -0.3 is 19.4 Å². The van der Waals surface area contributed by atoms with E-state index in [1.165, 1.54) is 10.7 Å². The quantitative estimate of drug-likeness (QED) is 0.626. The van der Waals surface area contributed by atoms with Crippen LogP contribution in [-0.4, -0.2) is 73.0 Å². The highest BCUT2D eigenvalue weighted by Crippen LogP contribution is 2.35. The summed E-state index contributed by atoms with van der Waals surface area (Å²) in [5, 5.41) is 20.6. The van der Waals surface area contributed by atoms with Crippen molar-refractivity contribution >= 4 is 16.8 Å².